The molecule has 2 heteroatoms. The summed E-state index contributed by atoms with van der Waals surface area (Å²) in [5, 5.41) is 3.53. The molecule has 19 heavy (non-hydrogen) atoms. The molecule has 2 nitrogen and oxygen atoms in total. The molecule has 0 amide bonds. The van der Waals surface area contributed by atoms with Gasteiger partial charge in [0.05, 0.1) is 0 Å². The third kappa shape index (κ3) is 2.85. The predicted molar refractivity (Wildman–Crippen MR) is 78.4 cm³/mol. The van der Waals surface area contributed by atoms with E-state index < -0.39 is 0 Å². The van der Waals surface area contributed by atoms with Gasteiger partial charge in [-0.15, -0.1) is 0 Å². The van der Waals surface area contributed by atoms with Gasteiger partial charge in [0.15, 0.2) is 0 Å². The van der Waals surface area contributed by atoms with E-state index in [9.17, 15) is 0 Å². The fraction of sp³-hybridized carbons (Fsp3) is 0.647. The zero-order chi connectivity index (χ0) is 13.1. The van der Waals surface area contributed by atoms with Crippen LogP contribution in [0.1, 0.15) is 55.2 Å². The first-order valence-corrected chi connectivity index (χ1v) is 7.72. The third-order valence-corrected chi connectivity index (χ3v) is 4.86. The number of ether oxygens (including phenoxy) is 1. The molecule has 0 aromatic heterocycles. The lowest BCUT2D eigenvalue weighted by Gasteiger charge is -2.31. The molecule has 1 N–H and O–H groups in total. The molecule has 1 saturated heterocycles. The Labute approximate surface area is 116 Å². The highest BCUT2D eigenvalue weighted by Gasteiger charge is 2.26. The maximum absolute atomic E-state index is 5.52. The van der Waals surface area contributed by atoms with Crippen LogP contribution in [0.5, 0.6) is 0 Å². The first-order valence-electron chi connectivity index (χ1n) is 7.72. The van der Waals surface area contributed by atoms with Crippen molar-refractivity contribution < 1.29 is 4.74 Å². The largest absolute Gasteiger partial charge is 0.381 e. The maximum Gasteiger partial charge on any atom is 0.0495 e. The summed E-state index contributed by atoms with van der Waals surface area (Å²) in [5.41, 5.74) is 3.12. The molecule has 2 aliphatic rings. The Bertz CT molecular complexity index is 407. The van der Waals surface area contributed by atoms with Crippen molar-refractivity contribution in [2.75, 3.05) is 20.3 Å². The maximum atomic E-state index is 5.52. The summed E-state index contributed by atoms with van der Waals surface area (Å²) in [7, 11) is 2.10. The minimum atomic E-state index is 0.489. The van der Waals surface area contributed by atoms with E-state index in [0.29, 0.717) is 6.04 Å². The zero-order valence-electron chi connectivity index (χ0n) is 11.9. The van der Waals surface area contributed by atoms with Crippen LogP contribution in [0.15, 0.2) is 24.3 Å². The lowest BCUT2D eigenvalue weighted by molar-refractivity contribution is 0.181. The Morgan fingerprint density at radius 1 is 1.26 bits per heavy atom. The molecule has 2 fully saturated rings. The molecule has 1 aromatic rings. The molecule has 0 spiro atoms. The molecule has 2 unspecified atom stereocenters. The van der Waals surface area contributed by atoms with Crippen molar-refractivity contribution in [1.29, 1.82) is 0 Å². The highest BCUT2D eigenvalue weighted by Crippen LogP contribution is 2.40. The number of hydrogen-bond acceptors (Lipinski definition) is 2. The Hall–Kier alpha value is -0.860. The molecule has 1 aliphatic carbocycles. The van der Waals surface area contributed by atoms with Crippen LogP contribution in [0.4, 0.5) is 0 Å². The van der Waals surface area contributed by atoms with Crippen molar-refractivity contribution in [3.05, 3.63) is 35.4 Å². The van der Waals surface area contributed by atoms with Gasteiger partial charge in [0.25, 0.3) is 0 Å². The second-order valence-corrected chi connectivity index (χ2v) is 6.06. The zero-order valence-corrected chi connectivity index (χ0v) is 11.9. The third-order valence-electron chi connectivity index (χ3n) is 4.86. The molecule has 3 rings (SSSR count). The van der Waals surface area contributed by atoms with E-state index in [-0.39, 0.29) is 0 Å². The van der Waals surface area contributed by atoms with E-state index in [4.69, 9.17) is 4.74 Å². The number of rotatable bonds is 5. The van der Waals surface area contributed by atoms with Gasteiger partial charge in [-0.25, -0.2) is 0 Å². The van der Waals surface area contributed by atoms with Crippen molar-refractivity contribution in [3.8, 4) is 0 Å². The molecule has 1 heterocycles. The van der Waals surface area contributed by atoms with Crippen LogP contribution in [0.2, 0.25) is 0 Å². The van der Waals surface area contributed by atoms with Gasteiger partial charge >= 0.3 is 0 Å². The van der Waals surface area contributed by atoms with Gasteiger partial charge in [-0.05, 0) is 55.7 Å². The summed E-state index contributed by atoms with van der Waals surface area (Å²) in [6, 6.07) is 9.54. The fourth-order valence-electron chi connectivity index (χ4n) is 3.42. The van der Waals surface area contributed by atoms with Crippen molar-refractivity contribution in [2.24, 2.45) is 5.92 Å². The smallest absolute Gasteiger partial charge is 0.0495 e. The summed E-state index contributed by atoms with van der Waals surface area (Å²) < 4.78 is 5.52. The van der Waals surface area contributed by atoms with Gasteiger partial charge < -0.3 is 10.1 Å². The van der Waals surface area contributed by atoms with Crippen LogP contribution in [-0.2, 0) is 4.74 Å². The summed E-state index contributed by atoms with van der Waals surface area (Å²) >= 11 is 0. The highest BCUT2D eigenvalue weighted by atomic mass is 16.5. The Morgan fingerprint density at radius 2 is 2.11 bits per heavy atom. The average molecular weight is 259 g/mol. The molecular formula is C17H25NO. The molecular weight excluding hydrogens is 234 g/mol. The first kappa shape index (κ1) is 13.1. The standard InChI is InChI=1S/C17H25NO/c1-18-17(11-13-9-10-19-12-13)16-8-3-2-7-15(16)14-5-4-6-14/h2-3,7-8,13-14,17-18H,4-6,9-12H2,1H3. The van der Waals surface area contributed by atoms with Crippen LogP contribution < -0.4 is 5.32 Å². The van der Waals surface area contributed by atoms with Crippen LogP contribution in [0.25, 0.3) is 0 Å². The van der Waals surface area contributed by atoms with Gasteiger partial charge in [-0.1, -0.05) is 30.7 Å². The minimum Gasteiger partial charge on any atom is -0.381 e. The average Bonchev–Trinajstić information content (AvgIpc) is 2.88. The molecule has 1 saturated carbocycles. The molecule has 2 atom stereocenters. The van der Waals surface area contributed by atoms with Crippen LogP contribution in [-0.4, -0.2) is 20.3 Å². The predicted octanol–water partition coefficient (Wildman–Crippen LogP) is 3.64. The topological polar surface area (TPSA) is 21.3 Å². The molecule has 0 bridgehead atoms. The monoisotopic (exact) mass is 259 g/mol. The number of nitrogens with one attached hydrogen (secondary N) is 1. The van der Waals surface area contributed by atoms with Crippen molar-refractivity contribution in [3.63, 3.8) is 0 Å². The van der Waals surface area contributed by atoms with Crippen LogP contribution in [0.3, 0.4) is 0 Å². The summed E-state index contributed by atoms with van der Waals surface area (Å²) in [4.78, 5) is 0. The number of benzene rings is 1. The van der Waals surface area contributed by atoms with Crippen molar-refractivity contribution in [2.45, 2.75) is 44.1 Å². The van der Waals surface area contributed by atoms with E-state index in [1.54, 1.807) is 5.56 Å². The van der Waals surface area contributed by atoms with Crippen molar-refractivity contribution >= 4 is 0 Å². The lowest BCUT2D eigenvalue weighted by atomic mass is 9.76. The second-order valence-electron chi connectivity index (χ2n) is 6.06. The van der Waals surface area contributed by atoms with Gasteiger partial charge in [0.2, 0.25) is 0 Å². The highest BCUT2D eigenvalue weighted by molar-refractivity contribution is 5.34. The first-order chi connectivity index (χ1) is 9.38. The summed E-state index contributed by atoms with van der Waals surface area (Å²) in [6.45, 7) is 1.90. The van der Waals surface area contributed by atoms with Crippen LogP contribution >= 0.6 is 0 Å². The Kier molecular flexibility index (Phi) is 4.19. The Balaban J connectivity index is 1.77. The van der Waals surface area contributed by atoms with E-state index >= 15 is 0 Å². The van der Waals surface area contributed by atoms with Gasteiger partial charge in [-0.2, -0.15) is 0 Å². The summed E-state index contributed by atoms with van der Waals surface area (Å²) in [5.74, 6) is 1.54. The van der Waals surface area contributed by atoms with Gasteiger partial charge in [0.1, 0.15) is 0 Å². The van der Waals surface area contributed by atoms with E-state index in [1.165, 1.54) is 37.7 Å². The molecule has 104 valence electrons. The quantitative estimate of drug-likeness (QED) is 0.871. The van der Waals surface area contributed by atoms with E-state index in [1.807, 2.05) is 0 Å². The van der Waals surface area contributed by atoms with Crippen LogP contribution in [0, 0.1) is 5.92 Å². The lowest BCUT2D eigenvalue weighted by Crippen LogP contribution is -2.23. The van der Waals surface area contributed by atoms with Crippen molar-refractivity contribution in [1.82, 2.24) is 5.32 Å². The second kappa shape index (κ2) is 6.06. The van der Waals surface area contributed by atoms with E-state index in [2.05, 4.69) is 36.6 Å². The Morgan fingerprint density at radius 3 is 2.74 bits per heavy atom. The molecule has 0 radical (unpaired) electrons. The summed E-state index contributed by atoms with van der Waals surface area (Å²) in [6.07, 6.45) is 6.59. The number of hydrogen-bond donors (Lipinski definition) is 1. The van der Waals surface area contributed by atoms with Gasteiger partial charge in [0, 0.05) is 19.3 Å². The normalized spacial score (nSPS) is 25.2. The van der Waals surface area contributed by atoms with E-state index in [0.717, 1.165) is 25.0 Å². The molecule has 1 aromatic carbocycles. The molecule has 1 aliphatic heterocycles. The fourth-order valence-corrected chi connectivity index (χ4v) is 3.42. The van der Waals surface area contributed by atoms with Gasteiger partial charge in [-0.3, -0.25) is 0 Å². The minimum absolute atomic E-state index is 0.489. The SMILES string of the molecule is CNC(CC1CCOC1)c1ccccc1C1CCC1.